The van der Waals surface area contributed by atoms with Crippen LogP contribution in [0, 0.1) is 11.6 Å². The second-order valence-corrected chi connectivity index (χ2v) is 9.56. The van der Waals surface area contributed by atoms with Crippen LogP contribution in [-0.4, -0.2) is 64.1 Å². The van der Waals surface area contributed by atoms with Crippen molar-refractivity contribution in [1.82, 2.24) is 30.4 Å². The number of fused-ring (bicyclic) bond motifs is 1. The molecule has 0 spiro atoms. The smallest absolute Gasteiger partial charge is 0.315 e. The molecular formula is C24H30F2N6O2. The average Bonchev–Trinajstić information content (AvgIpc) is 3.50. The topological polar surface area (TPSA) is 91.3 Å². The molecule has 0 bridgehead atoms. The molecule has 1 unspecified atom stereocenters. The molecule has 2 fully saturated rings. The first-order valence-corrected chi connectivity index (χ1v) is 12.0. The van der Waals surface area contributed by atoms with Crippen molar-refractivity contribution in [1.29, 1.82) is 0 Å². The van der Waals surface area contributed by atoms with Crippen LogP contribution >= 0.6 is 0 Å². The predicted molar refractivity (Wildman–Crippen MR) is 122 cm³/mol. The highest BCUT2D eigenvalue weighted by Crippen LogP contribution is 2.25. The maximum Gasteiger partial charge on any atom is 0.315 e. The van der Waals surface area contributed by atoms with Gasteiger partial charge < -0.3 is 20.5 Å². The van der Waals surface area contributed by atoms with E-state index in [2.05, 4.69) is 25.8 Å². The van der Waals surface area contributed by atoms with E-state index in [1.807, 2.05) is 4.57 Å². The van der Waals surface area contributed by atoms with Gasteiger partial charge in [0.15, 0.2) is 0 Å². The Balaban J connectivity index is 1.08. The number of aryl methyl sites for hydroxylation is 1. The molecular weight excluding hydrogens is 442 g/mol. The lowest BCUT2D eigenvalue weighted by molar-refractivity contribution is -0.122. The molecule has 34 heavy (non-hydrogen) atoms. The van der Waals surface area contributed by atoms with Gasteiger partial charge in [0.2, 0.25) is 5.91 Å². The number of imidazole rings is 1. The Morgan fingerprint density at radius 2 is 1.71 bits per heavy atom. The molecule has 8 nitrogen and oxygen atoms in total. The Morgan fingerprint density at radius 1 is 0.971 bits per heavy atom. The fourth-order valence-corrected chi connectivity index (χ4v) is 4.74. The first-order valence-electron chi connectivity index (χ1n) is 12.0. The van der Waals surface area contributed by atoms with Gasteiger partial charge in [-0.2, -0.15) is 0 Å². The fraction of sp³-hybridized carbons (Fsp3) is 0.542. The number of nitrogens with zero attached hydrogens (tertiary/aromatic N) is 3. The summed E-state index contributed by atoms with van der Waals surface area (Å²) in [5, 5.41) is 9.12. The molecule has 3 heterocycles. The summed E-state index contributed by atoms with van der Waals surface area (Å²) in [4.78, 5) is 31.2. The molecule has 5 rings (SSSR count). The maximum absolute atomic E-state index is 14.1. The standard InChI is InChI=1S/C24H30F2N6O2/c25-15-1-5-19(20(26)11-15)21-13-32-12-18(4-6-22(32)30-21)29-24(34)28-17-7-9-31(10-8-17)14-23(33)27-16-2-3-16/h1,5,11,13,16-18H,2-4,6-10,12,14H2,(H,27,33)(H2,28,29,34). The van der Waals surface area contributed by atoms with E-state index in [4.69, 9.17) is 0 Å². The van der Waals surface area contributed by atoms with Gasteiger partial charge in [-0.25, -0.2) is 18.6 Å². The third kappa shape index (κ3) is 5.55. The van der Waals surface area contributed by atoms with Crippen molar-refractivity contribution in [2.75, 3.05) is 19.6 Å². The van der Waals surface area contributed by atoms with E-state index in [9.17, 15) is 18.4 Å². The first kappa shape index (κ1) is 22.8. The lowest BCUT2D eigenvalue weighted by Gasteiger charge is -2.32. The van der Waals surface area contributed by atoms with Crippen molar-refractivity contribution in [3.63, 3.8) is 0 Å². The molecule has 182 valence electrons. The van der Waals surface area contributed by atoms with Gasteiger partial charge in [0.1, 0.15) is 17.5 Å². The van der Waals surface area contributed by atoms with E-state index >= 15 is 0 Å². The summed E-state index contributed by atoms with van der Waals surface area (Å²) >= 11 is 0. The largest absolute Gasteiger partial charge is 0.352 e. The summed E-state index contributed by atoms with van der Waals surface area (Å²) in [5.74, 6) is -0.340. The lowest BCUT2D eigenvalue weighted by Crippen LogP contribution is -2.52. The molecule has 1 aromatic heterocycles. The van der Waals surface area contributed by atoms with Crippen molar-refractivity contribution in [2.45, 2.75) is 63.2 Å². The van der Waals surface area contributed by atoms with Crippen molar-refractivity contribution in [3.05, 3.63) is 41.9 Å². The number of carbonyl (C=O) groups excluding carboxylic acids is 2. The minimum Gasteiger partial charge on any atom is -0.352 e. The van der Waals surface area contributed by atoms with Gasteiger partial charge in [-0.05, 0) is 44.2 Å². The molecule has 1 aromatic carbocycles. The van der Waals surface area contributed by atoms with E-state index in [0.717, 1.165) is 57.1 Å². The molecule has 1 atom stereocenters. The zero-order chi connectivity index (χ0) is 23.7. The summed E-state index contributed by atoms with van der Waals surface area (Å²) in [5.41, 5.74) is 0.733. The first-order chi connectivity index (χ1) is 16.4. The van der Waals surface area contributed by atoms with Crippen LogP contribution in [0.1, 0.15) is 37.9 Å². The summed E-state index contributed by atoms with van der Waals surface area (Å²) in [7, 11) is 0. The number of likely N-dealkylation sites (tertiary alicyclic amines) is 1. The van der Waals surface area contributed by atoms with Crippen LogP contribution in [0.3, 0.4) is 0 Å². The highest BCUT2D eigenvalue weighted by Gasteiger charge is 2.27. The summed E-state index contributed by atoms with van der Waals surface area (Å²) in [6.45, 7) is 2.54. The van der Waals surface area contributed by atoms with Gasteiger partial charge in [-0.1, -0.05) is 0 Å². The second-order valence-electron chi connectivity index (χ2n) is 9.56. The normalized spacial score (nSPS) is 21.1. The van der Waals surface area contributed by atoms with E-state index in [1.165, 1.54) is 12.1 Å². The summed E-state index contributed by atoms with van der Waals surface area (Å²) in [6.07, 6.45) is 6.96. The molecule has 10 heteroatoms. The van der Waals surface area contributed by atoms with Gasteiger partial charge in [0.25, 0.3) is 0 Å². The quantitative estimate of drug-likeness (QED) is 0.601. The predicted octanol–water partition coefficient (Wildman–Crippen LogP) is 2.19. The van der Waals surface area contributed by atoms with Crippen LogP contribution in [0.15, 0.2) is 24.4 Å². The second kappa shape index (κ2) is 9.69. The Morgan fingerprint density at radius 3 is 2.44 bits per heavy atom. The van der Waals surface area contributed by atoms with Crippen molar-refractivity contribution in [3.8, 4) is 11.3 Å². The number of hydrogen-bond donors (Lipinski definition) is 3. The van der Waals surface area contributed by atoms with Crippen LogP contribution < -0.4 is 16.0 Å². The molecule has 1 saturated carbocycles. The van der Waals surface area contributed by atoms with Gasteiger partial charge in [0.05, 0.1) is 12.2 Å². The van der Waals surface area contributed by atoms with Gasteiger partial charge in [-0.15, -0.1) is 0 Å². The molecule has 1 aliphatic carbocycles. The monoisotopic (exact) mass is 472 g/mol. The number of carbonyl (C=O) groups is 2. The highest BCUT2D eigenvalue weighted by molar-refractivity contribution is 5.78. The van der Waals surface area contributed by atoms with Crippen LogP contribution in [0.2, 0.25) is 0 Å². The van der Waals surface area contributed by atoms with Crippen LogP contribution in [0.25, 0.3) is 11.3 Å². The van der Waals surface area contributed by atoms with E-state index in [0.29, 0.717) is 31.2 Å². The van der Waals surface area contributed by atoms with Crippen LogP contribution in [0.4, 0.5) is 13.6 Å². The van der Waals surface area contributed by atoms with Crippen LogP contribution in [0.5, 0.6) is 0 Å². The number of hydrogen-bond acceptors (Lipinski definition) is 4. The van der Waals surface area contributed by atoms with E-state index in [-0.39, 0.29) is 29.6 Å². The van der Waals surface area contributed by atoms with E-state index < -0.39 is 11.6 Å². The van der Waals surface area contributed by atoms with Gasteiger partial charge in [-0.3, -0.25) is 9.69 Å². The van der Waals surface area contributed by atoms with Gasteiger partial charge >= 0.3 is 6.03 Å². The number of aromatic nitrogens is 2. The molecule has 3 N–H and O–H groups in total. The lowest BCUT2D eigenvalue weighted by atomic mass is 10.0. The fourth-order valence-electron chi connectivity index (χ4n) is 4.74. The number of piperidine rings is 1. The minimum absolute atomic E-state index is 0.0566. The molecule has 3 amide bonds. The zero-order valence-corrected chi connectivity index (χ0v) is 19.0. The number of amides is 3. The number of halogens is 2. The minimum atomic E-state index is -0.640. The molecule has 0 radical (unpaired) electrons. The Bertz CT molecular complexity index is 1060. The molecule has 1 saturated heterocycles. The number of rotatable bonds is 6. The Hall–Kier alpha value is -3.01. The molecule has 2 aliphatic heterocycles. The zero-order valence-electron chi connectivity index (χ0n) is 19.0. The highest BCUT2D eigenvalue weighted by atomic mass is 19.1. The molecule has 3 aliphatic rings. The molecule has 2 aromatic rings. The maximum atomic E-state index is 14.1. The third-order valence-corrected chi connectivity index (χ3v) is 6.77. The Kier molecular flexibility index (Phi) is 6.49. The number of urea groups is 1. The summed E-state index contributed by atoms with van der Waals surface area (Å²) in [6, 6.07) is 3.69. The van der Waals surface area contributed by atoms with Gasteiger partial charge in [0, 0.05) is 62.0 Å². The van der Waals surface area contributed by atoms with Crippen molar-refractivity contribution < 1.29 is 18.4 Å². The van der Waals surface area contributed by atoms with E-state index in [1.54, 1.807) is 6.20 Å². The van der Waals surface area contributed by atoms with Crippen molar-refractivity contribution >= 4 is 11.9 Å². The third-order valence-electron chi connectivity index (χ3n) is 6.77. The van der Waals surface area contributed by atoms with Crippen LogP contribution in [-0.2, 0) is 17.8 Å². The van der Waals surface area contributed by atoms with Crippen molar-refractivity contribution in [2.24, 2.45) is 0 Å². The SMILES string of the molecule is O=C(CN1CCC(NC(=O)NC2CCc3nc(-c4ccc(F)cc4F)cn3C2)CC1)NC1CC1. The summed E-state index contributed by atoms with van der Waals surface area (Å²) < 4.78 is 29.3. The number of nitrogens with one attached hydrogen (secondary N) is 3. The number of benzene rings is 1. The average molecular weight is 473 g/mol. The Labute approximate surface area is 197 Å².